The van der Waals surface area contributed by atoms with Gasteiger partial charge in [-0.3, -0.25) is 9.69 Å². The van der Waals surface area contributed by atoms with E-state index in [0.29, 0.717) is 11.7 Å². The van der Waals surface area contributed by atoms with Crippen molar-refractivity contribution in [2.24, 2.45) is 0 Å². The Kier molecular flexibility index (Phi) is 5.45. The van der Waals surface area contributed by atoms with Crippen LogP contribution < -0.4 is 15.0 Å². The molecule has 0 spiro atoms. The number of hydrogen-bond donors (Lipinski definition) is 1. The first kappa shape index (κ1) is 18.7. The Morgan fingerprint density at radius 1 is 1.18 bits per heavy atom. The third-order valence-electron chi connectivity index (χ3n) is 4.96. The van der Waals surface area contributed by atoms with Crippen LogP contribution in [0.15, 0.2) is 42.5 Å². The molecule has 1 fully saturated rings. The number of carbonyl (C=O) groups is 1. The summed E-state index contributed by atoms with van der Waals surface area (Å²) in [5.41, 5.74) is 3.23. The number of methoxy groups -OCH3 is 1. The van der Waals surface area contributed by atoms with Crippen molar-refractivity contribution in [2.75, 3.05) is 50.1 Å². The minimum atomic E-state index is -0.0125. The predicted octanol–water partition coefficient (Wildman–Crippen LogP) is 3.37. The standard InChI is InChI=1S/C21H24N4O2S/c1-15-7-8-16-19(13-15)28-21(22-16)23-20(26)14-24-9-11-25(12-10-24)17-5-3-4-6-18(17)27-2/h3-8,13H,9-12,14H2,1-2H3,(H,22,23,26). The number of thiazole rings is 1. The fourth-order valence-electron chi connectivity index (χ4n) is 3.49. The van der Waals surface area contributed by atoms with Gasteiger partial charge in [0.2, 0.25) is 5.91 Å². The van der Waals surface area contributed by atoms with Gasteiger partial charge < -0.3 is 15.0 Å². The van der Waals surface area contributed by atoms with Crippen LogP contribution in [-0.2, 0) is 4.79 Å². The molecule has 28 heavy (non-hydrogen) atoms. The van der Waals surface area contributed by atoms with E-state index in [1.165, 1.54) is 16.9 Å². The molecule has 1 aromatic heterocycles. The molecule has 146 valence electrons. The number of rotatable bonds is 5. The number of nitrogens with zero attached hydrogens (tertiary/aromatic N) is 3. The lowest BCUT2D eigenvalue weighted by Gasteiger charge is -2.36. The van der Waals surface area contributed by atoms with Crippen molar-refractivity contribution in [3.63, 3.8) is 0 Å². The minimum Gasteiger partial charge on any atom is -0.495 e. The van der Waals surface area contributed by atoms with E-state index in [-0.39, 0.29) is 5.91 Å². The number of para-hydroxylation sites is 2. The Bertz CT molecular complexity index is 979. The maximum Gasteiger partial charge on any atom is 0.240 e. The summed E-state index contributed by atoms with van der Waals surface area (Å²) >= 11 is 1.52. The number of piperazine rings is 1. The molecule has 0 radical (unpaired) electrons. The average molecular weight is 397 g/mol. The maximum atomic E-state index is 12.5. The lowest BCUT2D eigenvalue weighted by atomic mass is 10.2. The smallest absolute Gasteiger partial charge is 0.240 e. The fourth-order valence-corrected chi connectivity index (χ4v) is 4.47. The molecule has 1 N–H and O–H groups in total. The minimum absolute atomic E-state index is 0.0125. The third-order valence-corrected chi connectivity index (χ3v) is 5.89. The molecule has 1 amide bonds. The Morgan fingerprint density at radius 2 is 1.96 bits per heavy atom. The number of anilines is 2. The maximum absolute atomic E-state index is 12.5. The number of benzene rings is 2. The van der Waals surface area contributed by atoms with Crippen molar-refractivity contribution in [1.82, 2.24) is 9.88 Å². The molecule has 7 heteroatoms. The first-order chi connectivity index (χ1) is 13.6. The van der Waals surface area contributed by atoms with Gasteiger partial charge in [0.15, 0.2) is 5.13 Å². The van der Waals surface area contributed by atoms with E-state index in [4.69, 9.17) is 4.74 Å². The molecule has 3 aromatic rings. The highest BCUT2D eigenvalue weighted by atomic mass is 32.1. The summed E-state index contributed by atoms with van der Waals surface area (Å²) < 4.78 is 6.56. The highest BCUT2D eigenvalue weighted by molar-refractivity contribution is 7.22. The van der Waals surface area contributed by atoms with E-state index in [1.54, 1.807) is 7.11 Å². The van der Waals surface area contributed by atoms with Crippen LogP contribution in [0.4, 0.5) is 10.8 Å². The second-order valence-corrected chi connectivity index (χ2v) is 8.00. The molecule has 2 heterocycles. The first-order valence-electron chi connectivity index (χ1n) is 9.40. The predicted molar refractivity (Wildman–Crippen MR) is 115 cm³/mol. The molecule has 1 aliphatic heterocycles. The van der Waals surface area contributed by atoms with Crippen molar-refractivity contribution in [3.8, 4) is 5.75 Å². The molecular weight excluding hydrogens is 372 g/mol. The van der Waals surface area contributed by atoms with E-state index >= 15 is 0 Å². The van der Waals surface area contributed by atoms with Gasteiger partial charge in [-0.2, -0.15) is 0 Å². The zero-order valence-electron chi connectivity index (χ0n) is 16.1. The first-order valence-corrected chi connectivity index (χ1v) is 10.2. The van der Waals surface area contributed by atoms with Gasteiger partial charge >= 0.3 is 0 Å². The summed E-state index contributed by atoms with van der Waals surface area (Å²) in [6, 6.07) is 14.2. The SMILES string of the molecule is COc1ccccc1N1CCN(CC(=O)Nc2nc3ccc(C)cc3s2)CC1. The summed E-state index contributed by atoms with van der Waals surface area (Å²) in [6.07, 6.45) is 0. The molecule has 0 unspecified atom stereocenters. The fraction of sp³-hybridized carbons (Fsp3) is 0.333. The van der Waals surface area contributed by atoms with Gasteiger partial charge in [0, 0.05) is 26.2 Å². The van der Waals surface area contributed by atoms with Crippen molar-refractivity contribution < 1.29 is 9.53 Å². The largest absolute Gasteiger partial charge is 0.495 e. The highest BCUT2D eigenvalue weighted by Gasteiger charge is 2.21. The van der Waals surface area contributed by atoms with E-state index < -0.39 is 0 Å². The van der Waals surface area contributed by atoms with Crippen LogP contribution in [0.3, 0.4) is 0 Å². The Balaban J connectivity index is 1.32. The number of fused-ring (bicyclic) bond motifs is 1. The van der Waals surface area contributed by atoms with Gasteiger partial charge in [0.05, 0.1) is 29.6 Å². The number of carbonyl (C=O) groups excluding carboxylic acids is 1. The van der Waals surface area contributed by atoms with Crippen LogP contribution in [0, 0.1) is 6.92 Å². The van der Waals surface area contributed by atoms with Gasteiger partial charge in [-0.15, -0.1) is 0 Å². The lowest BCUT2D eigenvalue weighted by molar-refractivity contribution is -0.117. The molecule has 0 aliphatic carbocycles. The monoisotopic (exact) mass is 396 g/mol. The number of amides is 1. The van der Waals surface area contributed by atoms with Crippen LogP contribution >= 0.6 is 11.3 Å². The molecule has 0 atom stereocenters. The topological polar surface area (TPSA) is 57.7 Å². The van der Waals surface area contributed by atoms with Crippen molar-refractivity contribution >= 4 is 38.3 Å². The lowest BCUT2D eigenvalue weighted by Crippen LogP contribution is -2.48. The van der Waals surface area contributed by atoms with Crippen LogP contribution in [0.2, 0.25) is 0 Å². The second kappa shape index (κ2) is 8.16. The summed E-state index contributed by atoms with van der Waals surface area (Å²) in [4.78, 5) is 21.4. The Labute approximate surface area is 168 Å². The molecule has 0 saturated carbocycles. The van der Waals surface area contributed by atoms with Gasteiger partial charge in [-0.1, -0.05) is 29.5 Å². The van der Waals surface area contributed by atoms with Crippen LogP contribution in [0.25, 0.3) is 10.2 Å². The van der Waals surface area contributed by atoms with E-state index in [9.17, 15) is 4.79 Å². The van der Waals surface area contributed by atoms with Gasteiger partial charge in [0.25, 0.3) is 0 Å². The summed E-state index contributed by atoms with van der Waals surface area (Å²) in [6.45, 7) is 5.86. The molecule has 1 saturated heterocycles. The van der Waals surface area contributed by atoms with E-state index in [2.05, 4.69) is 39.2 Å². The molecule has 1 aliphatic rings. The number of nitrogens with one attached hydrogen (secondary N) is 1. The zero-order valence-corrected chi connectivity index (χ0v) is 17.0. The quantitative estimate of drug-likeness (QED) is 0.717. The number of aromatic nitrogens is 1. The van der Waals surface area contributed by atoms with Crippen LogP contribution in [0.1, 0.15) is 5.56 Å². The number of ether oxygens (including phenoxy) is 1. The number of aryl methyl sites for hydroxylation is 1. The summed E-state index contributed by atoms with van der Waals surface area (Å²) in [5.74, 6) is 0.876. The molecule has 2 aromatic carbocycles. The van der Waals surface area contributed by atoms with Crippen molar-refractivity contribution in [1.29, 1.82) is 0 Å². The van der Waals surface area contributed by atoms with Crippen LogP contribution in [0.5, 0.6) is 5.75 Å². The van der Waals surface area contributed by atoms with Crippen molar-refractivity contribution in [2.45, 2.75) is 6.92 Å². The normalized spacial score (nSPS) is 15.0. The van der Waals surface area contributed by atoms with E-state index in [1.807, 2.05) is 30.3 Å². The Morgan fingerprint density at radius 3 is 2.75 bits per heavy atom. The summed E-state index contributed by atoms with van der Waals surface area (Å²) in [7, 11) is 1.70. The van der Waals surface area contributed by atoms with Gasteiger partial charge in [-0.05, 0) is 36.8 Å². The summed E-state index contributed by atoms with van der Waals surface area (Å²) in [5, 5.41) is 3.62. The zero-order chi connectivity index (χ0) is 19.5. The second-order valence-electron chi connectivity index (χ2n) is 6.97. The van der Waals surface area contributed by atoms with E-state index in [0.717, 1.165) is 47.8 Å². The van der Waals surface area contributed by atoms with Gasteiger partial charge in [0.1, 0.15) is 5.75 Å². The molecule has 4 rings (SSSR count). The van der Waals surface area contributed by atoms with Gasteiger partial charge in [-0.25, -0.2) is 4.98 Å². The highest BCUT2D eigenvalue weighted by Crippen LogP contribution is 2.29. The molecular formula is C21H24N4O2S. The number of hydrogen-bond acceptors (Lipinski definition) is 6. The average Bonchev–Trinajstić information content (AvgIpc) is 3.09. The van der Waals surface area contributed by atoms with Crippen LogP contribution in [-0.4, -0.2) is 55.6 Å². The third kappa shape index (κ3) is 4.10. The molecule has 0 bridgehead atoms. The molecule has 6 nitrogen and oxygen atoms in total. The van der Waals surface area contributed by atoms with Crippen molar-refractivity contribution in [3.05, 3.63) is 48.0 Å². The Hall–Kier alpha value is -2.64.